The van der Waals surface area contributed by atoms with Crippen molar-refractivity contribution in [3.05, 3.63) is 53.6 Å². The van der Waals surface area contributed by atoms with Gasteiger partial charge in [-0.1, -0.05) is 17.3 Å². The van der Waals surface area contributed by atoms with Crippen molar-refractivity contribution in [1.29, 1.82) is 0 Å². The van der Waals surface area contributed by atoms with Crippen LogP contribution in [0.5, 0.6) is 0 Å². The summed E-state index contributed by atoms with van der Waals surface area (Å²) in [6.07, 6.45) is 0. The van der Waals surface area contributed by atoms with Gasteiger partial charge in [-0.05, 0) is 36.6 Å². The summed E-state index contributed by atoms with van der Waals surface area (Å²) in [6.45, 7) is 1.90. The number of aryl methyl sites for hydroxylation is 1. The number of thiophene rings is 1. The van der Waals surface area contributed by atoms with Gasteiger partial charge in [-0.15, -0.1) is 11.3 Å². The second-order valence-corrected chi connectivity index (χ2v) is 6.59. The SMILES string of the molecule is Cc1ccc(-c2cc(-c3nc(-c4cccc5sccc45)no3)[nH]n2)o1. The highest BCUT2D eigenvalue weighted by Crippen LogP contribution is 2.31. The molecule has 6 nitrogen and oxygen atoms in total. The van der Waals surface area contributed by atoms with Crippen LogP contribution in [-0.4, -0.2) is 20.3 Å². The number of H-pyrrole nitrogens is 1. The van der Waals surface area contributed by atoms with Crippen LogP contribution in [0.25, 0.3) is 44.5 Å². The summed E-state index contributed by atoms with van der Waals surface area (Å²) in [5, 5.41) is 14.5. The van der Waals surface area contributed by atoms with Crippen molar-refractivity contribution in [2.45, 2.75) is 6.92 Å². The molecule has 0 aliphatic heterocycles. The van der Waals surface area contributed by atoms with Gasteiger partial charge in [0.1, 0.15) is 17.1 Å². The van der Waals surface area contributed by atoms with Crippen molar-refractivity contribution in [3.63, 3.8) is 0 Å². The molecule has 0 amide bonds. The molecule has 122 valence electrons. The van der Waals surface area contributed by atoms with E-state index < -0.39 is 0 Å². The van der Waals surface area contributed by atoms with Crippen LogP contribution in [0.4, 0.5) is 0 Å². The van der Waals surface area contributed by atoms with Gasteiger partial charge < -0.3 is 8.94 Å². The molecule has 1 N–H and O–H groups in total. The predicted octanol–water partition coefficient (Wildman–Crippen LogP) is 4.91. The van der Waals surface area contributed by atoms with E-state index in [0.717, 1.165) is 16.7 Å². The average molecular weight is 348 g/mol. The van der Waals surface area contributed by atoms with Crippen LogP contribution >= 0.6 is 11.3 Å². The van der Waals surface area contributed by atoms with Crippen LogP contribution in [0.1, 0.15) is 5.76 Å². The fourth-order valence-corrected chi connectivity index (χ4v) is 3.57. The molecular weight excluding hydrogens is 336 g/mol. The van der Waals surface area contributed by atoms with Crippen molar-refractivity contribution in [2.75, 3.05) is 0 Å². The maximum atomic E-state index is 5.58. The summed E-state index contributed by atoms with van der Waals surface area (Å²) in [5.41, 5.74) is 2.30. The first kappa shape index (κ1) is 14.2. The molecule has 25 heavy (non-hydrogen) atoms. The molecule has 0 fully saturated rings. The van der Waals surface area contributed by atoms with Gasteiger partial charge >= 0.3 is 0 Å². The molecule has 0 spiro atoms. The summed E-state index contributed by atoms with van der Waals surface area (Å²) in [4.78, 5) is 4.52. The minimum absolute atomic E-state index is 0.393. The number of furan rings is 1. The van der Waals surface area contributed by atoms with Gasteiger partial charge in [-0.3, -0.25) is 5.10 Å². The van der Waals surface area contributed by atoms with Gasteiger partial charge in [0.15, 0.2) is 5.76 Å². The average Bonchev–Trinajstić information content (AvgIpc) is 3.39. The van der Waals surface area contributed by atoms with Crippen LogP contribution in [0.15, 0.2) is 56.8 Å². The molecule has 0 unspecified atom stereocenters. The third kappa shape index (κ3) is 2.36. The van der Waals surface area contributed by atoms with Gasteiger partial charge in [0, 0.05) is 21.7 Å². The lowest BCUT2D eigenvalue weighted by Gasteiger charge is -1.96. The quantitative estimate of drug-likeness (QED) is 0.501. The maximum Gasteiger partial charge on any atom is 0.276 e. The molecular formula is C18H12N4O2S. The number of benzene rings is 1. The highest BCUT2D eigenvalue weighted by Gasteiger charge is 2.16. The Labute approximate surface area is 146 Å². The molecule has 7 heteroatoms. The second-order valence-electron chi connectivity index (χ2n) is 5.64. The first-order valence-corrected chi connectivity index (χ1v) is 8.59. The first-order chi connectivity index (χ1) is 12.3. The Morgan fingerprint density at radius 2 is 2.08 bits per heavy atom. The number of rotatable bonds is 3. The van der Waals surface area contributed by atoms with E-state index in [4.69, 9.17) is 8.94 Å². The minimum atomic E-state index is 0.393. The Bertz CT molecular complexity index is 1180. The Morgan fingerprint density at radius 3 is 2.96 bits per heavy atom. The summed E-state index contributed by atoms with van der Waals surface area (Å²) in [5.74, 6) is 2.49. The molecule has 0 aliphatic carbocycles. The molecule has 0 saturated carbocycles. The molecule has 0 radical (unpaired) electrons. The standard InChI is InChI=1S/C18H12N4O2S/c1-10-5-6-15(23-10)13-9-14(21-20-13)18-19-17(22-24-18)12-3-2-4-16-11(12)7-8-25-16/h2-9H,1H3,(H,20,21). The predicted molar refractivity (Wildman–Crippen MR) is 95.1 cm³/mol. The topological polar surface area (TPSA) is 80.7 Å². The number of nitrogens with one attached hydrogen (secondary N) is 1. The molecule has 4 heterocycles. The van der Waals surface area contributed by atoms with Crippen molar-refractivity contribution < 1.29 is 8.94 Å². The zero-order valence-electron chi connectivity index (χ0n) is 13.2. The zero-order chi connectivity index (χ0) is 16.8. The van der Waals surface area contributed by atoms with Gasteiger partial charge in [0.25, 0.3) is 5.89 Å². The van der Waals surface area contributed by atoms with Crippen molar-refractivity contribution >= 4 is 21.4 Å². The van der Waals surface area contributed by atoms with E-state index in [1.165, 1.54) is 4.70 Å². The summed E-state index contributed by atoms with van der Waals surface area (Å²) < 4.78 is 12.2. The van der Waals surface area contributed by atoms with E-state index in [-0.39, 0.29) is 0 Å². The largest absolute Gasteiger partial charge is 0.460 e. The molecule has 5 aromatic rings. The Hall–Kier alpha value is -3.19. The second kappa shape index (κ2) is 5.42. The third-order valence-electron chi connectivity index (χ3n) is 3.96. The number of aromatic amines is 1. The van der Waals surface area contributed by atoms with Gasteiger partial charge in [-0.2, -0.15) is 10.1 Å². The number of nitrogens with zero attached hydrogens (tertiary/aromatic N) is 3. The molecule has 5 rings (SSSR count). The molecule has 0 aliphatic rings. The number of hydrogen-bond acceptors (Lipinski definition) is 6. The smallest absolute Gasteiger partial charge is 0.276 e. The van der Waals surface area contributed by atoms with Crippen molar-refractivity contribution in [2.24, 2.45) is 0 Å². The molecule has 0 bridgehead atoms. The fourth-order valence-electron chi connectivity index (χ4n) is 2.76. The van der Waals surface area contributed by atoms with E-state index in [2.05, 4.69) is 37.9 Å². The van der Waals surface area contributed by atoms with E-state index in [9.17, 15) is 0 Å². The van der Waals surface area contributed by atoms with Gasteiger partial charge in [0.05, 0.1) is 0 Å². The van der Waals surface area contributed by atoms with Crippen LogP contribution in [0.2, 0.25) is 0 Å². The van der Waals surface area contributed by atoms with Gasteiger partial charge in [-0.25, -0.2) is 0 Å². The lowest BCUT2D eigenvalue weighted by Crippen LogP contribution is -1.82. The molecule has 0 atom stereocenters. The minimum Gasteiger partial charge on any atom is -0.460 e. The lowest BCUT2D eigenvalue weighted by atomic mass is 10.1. The number of hydrogen-bond donors (Lipinski definition) is 1. The van der Waals surface area contributed by atoms with Gasteiger partial charge in [0.2, 0.25) is 5.82 Å². The van der Waals surface area contributed by atoms with Crippen LogP contribution in [-0.2, 0) is 0 Å². The summed E-state index contributed by atoms with van der Waals surface area (Å²) >= 11 is 1.69. The van der Waals surface area contributed by atoms with Crippen LogP contribution in [0.3, 0.4) is 0 Å². The summed E-state index contributed by atoms with van der Waals surface area (Å²) in [7, 11) is 0. The Balaban J connectivity index is 1.53. The van der Waals surface area contributed by atoms with Crippen LogP contribution in [0, 0.1) is 6.92 Å². The summed E-state index contributed by atoms with van der Waals surface area (Å²) in [6, 6.07) is 13.8. The highest BCUT2D eigenvalue weighted by molar-refractivity contribution is 7.17. The molecule has 4 aromatic heterocycles. The highest BCUT2D eigenvalue weighted by atomic mass is 32.1. The van der Waals surface area contributed by atoms with Crippen molar-refractivity contribution in [3.8, 4) is 34.4 Å². The molecule has 1 aromatic carbocycles. The van der Waals surface area contributed by atoms with E-state index in [0.29, 0.717) is 28.9 Å². The third-order valence-corrected chi connectivity index (χ3v) is 4.85. The number of aromatic nitrogens is 4. The first-order valence-electron chi connectivity index (χ1n) is 7.71. The van der Waals surface area contributed by atoms with Crippen molar-refractivity contribution in [1.82, 2.24) is 20.3 Å². The lowest BCUT2D eigenvalue weighted by molar-refractivity contribution is 0.431. The van der Waals surface area contributed by atoms with E-state index >= 15 is 0 Å². The maximum absolute atomic E-state index is 5.58. The van der Waals surface area contributed by atoms with E-state index in [1.54, 1.807) is 11.3 Å². The fraction of sp³-hybridized carbons (Fsp3) is 0.0556. The van der Waals surface area contributed by atoms with E-state index in [1.807, 2.05) is 37.3 Å². The zero-order valence-corrected chi connectivity index (χ0v) is 14.0. The number of fused-ring (bicyclic) bond motifs is 1. The normalized spacial score (nSPS) is 11.4. The van der Waals surface area contributed by atoms with Crippen LogP contribution < -0.4 is 0 Å². The Kier molecular flexibility index (Phi) is 3.07. The Morgan fingerprint density at radius 1 is 1.12 bits per heavy atom. The monoisotopic (exact) mass is 348 g/mol. The molecule has 0 saturated heterocycles.